The van der Waals surface area contributed by atoms with Crippen LogP contribution >= 0.6 is 23.2 Å². The van der Waals surface area contributed by atoms with Gasteiger partial charge in [-0.3, -0.25) is 9.59 Å². The Labute approximate surface area is 166 Å². The number of nitrogens with two attached hydrogens (primary N) is 1. The van der Waals surface area contributed by atoms with E-state index in [0.717, 1.165) is 4.40 Å². The van der Waals surface area contributed by atoms with Crippen molar-refractivity contribution in [3.8, 4) is 0 Å². The highest BCUT2D eigenvalue weighted by Gasteiger charge is 2.38. The molecule has 1 aromatic carbocycles. The molecule has 3 rings (SSSR count). The average Bonchev–Trinajstić information content (AvgIpc) is 2.94. The van der Waals surface area contributed by atoms with Crippen LogP contribution in [0.1, 0.15) is 21.7 Å². The number of pyridine rings is 1. The Hall–Kier alpha value is -2.78. The standard InChI is InChI=1S/C17H11Cl2F3N4O2/c18-8-3-1-4-9(19)13(8)16(28)24-10-5-2-6-26-11(7-12(23)27)14(17(20,21)22)25-15(10)26/h1-6H,7H2,(H2,23,27)(H,24,28). The first-order valence-electron chi connectivity index (χ1n) is 7.70. The van der Waals surface area contributed by atoms with Gasteiger partial charge >= 0.3 is 6.18 Å². The van der Waals surface area contributed by atoms with E-state index in [1.165, 1.54) is 30.5 Å². The molecule has 0 bridgehead atoms. The zero-order valence-electron chi connectivity index (χ0n) is 13.8. The summed E-state index contributed by atoms with van der Waals surface area (Å²) in [5.74, 6) is -1.68. The second-order valence-corrected chi connectivity index (χ2v) is 6.53. The smallest absolute Gasteiger partial charge is 0.369 e. The van der Waals surface area contributed by atoms with E-state index in [2.05, 4.69) is 10.3 Å². The van der Waals surface area contributed by atoms with E-state index in [-0.39, 0.29) is 26.9 Å². The molecular formula is C17H11Cl2F3N4O2. The topological polar surface area (TPSA) is 89.5 Å². The zero-order valence-corrected chi connectivity index (χ0v) is 15.4. The van der Waals surface area contributed by atoms with Crippen molar-refractivity contribution in [2.75, 3.05) is 5.32 Å². The molecule has 0 fully saturated rings. The van der Waals surface area contributed by atoms with Gasteiger partial charge in [-0.15, -0.1) is 0 Å². The number of halogens is 5. The zero-order chi connectivity index (χ0) is 20.6. The highest BCUT2D eigenvalue weighted by Crippen LogP contribution is 2.34. The molecule has 0 unspecified atom stereocenters. The van der Waals surface area contributed by atoms with Crippen LogP contribution in [0, 0.1) is 0 Å². The Balaban J connectivity index is 2.11. The van der Waals surface area contributed by atoms with Gasteiger partial charge in [0.2, 0.25) is 5.91 Å². The summed E-state index contributed by atoms with van der Waals surface area (Å²) in [6.45, 7) is 0. The largest absolute Gasteiger partial charge is 0.435 e. The number of carbonyl (C=O) groups is 2. The van der Waals surface area contributed by atoms with Crippen molar-refractivity contribution in [1.29, 1.82) is 0 Å². The molecule has 2 heterocycles. The molecule has 2 amide bonds. The van der Waals surface area contributed by atoms with Gasteiger partial charge in [-0.25, -0.2) is 4.98 Å². The predicted molar refractivity (Wildman–Crippen MR) is 97.5 cm³/mol. The number of alkyl halides is 3. The third kappa shape index (κ3) is 3.76. The Morgan fingerprint density at radius 3 is 2.36 bits per heavy atom. The third-order valence-corrected chi connectivity index (χ3v) is 4.43. The van der Waals surface area contributed by atoms with Crippen molar-refractivity contribution in [3.63, 3.8) is 0 Å². The number of aromatic nitrogens is 2. The van der Waals surface area contributed by atoms with Gasteiger partial charge in [-0.2, -0.15) is 13.2 Å². The normalized spacial score (nSPS) is 11.6. The number of anilines is 1. The first kappa shape index (κ1) is 20.0. The summed E-state index contributed by atoms with van der Waals surface area (Å²) in [7, 11) is 0. The molecule has 0 saturated carbocycles. The maximum Gasteiger partial charge on any atom is 0.435 e. The highest BCUT2D eigenvalue weighted by molar-refractivity contribution is 6.40. The highest BCUT2D eigenvalue weighted by atomic mass is 35.5. The maximum atomic E-state index is 13.4. The summed E-state index contributed by atoms with van der Waals surface area (Å²) in [5, 5.41) is 2.60. The number of hydrogen-bond donors (Lipinski definition) is 2. The average molecular weight is 431 g/mol. The van der Waals surface area contributed by atoms with E-state index in [4.69, 9.17) is 28.9 Å². The summed E-state index contributed by atoms with van der Waals surface area (Å²) in [6, 6.07) is 7.20. The lowest BCUT2D eigenvalue weighted by molar-refractivity contribution is -0.141. The van der Waals surface area contributed by atoms with Crippen LogP contribution in [0.2, 0.25) is 10.0 Å². The lowest BCUT2D eigenvalue weighted by Crippen LogP contribution is -2.18. The van der Waals surface area contributed by atoms with E-state index >= 15 is 0 Å². The summed E-state index contributed by atoms with van der Waals surface area (Å²) in [6.07, 6.45) is -4.21. The molecule has 3 aromatic rings. The lowest BCUT2D eigenvalue weighted by Gasteiger charge is -2.10. The van der Waals surface area contributed by atoms with Crippen molar-refractivity contribution >= 4 is 46.4 Å². The number of rotatable bonds is 4. The molecule has 0 saturated heterocycles. The first-order chi connectivity index (χ1) is 13.1. The van der Waals surface area contributed by atoms with Crippen molar-refractivity contribution in [2.24, 2.45) is 5.73 Å². The molecule has 11 heteroatoms. The second-order valence-electron chi connectivity index (χ2n) is 5.71. The number of benzene rings is 1. The van der Waals surface area contributed by atoms with Crippen LogP contribution < -0.4 is 11.1 Å². The first-order valence-corrected chi connectivity index (χ1v) is 8.46. The van der Waals surface area contributed by atoms with Crippen LogP contribution in [-0.2, 0) is 17.4 Å². The van der Waals surface area contributed by atoms with Gasteiger partial charge in [0.05, 0.1) is 33.4 Å². The second kappa shape index (κ2) is 7.33. The van der Waals surface area contributed by atoms with E-state index in [1.54, 1.807) is 6.07 Å². The predicted octanol–water partition coefficient (Wildman–Crippen LogP) is 3.94. The Morgan fingerprint density at radius 2 is 1.79 bits per heavy atom. The minimum Gasteiger partial charge on any atom is -0.369 e. The maximum absolute atomic E-state index is 13.4. The number of nitrogens with one attached hydrogen (secondary N) is 1. The van der Waals surface area contributed by atoms with Crippen LogP contribution in [0.25, 0.3) is 5.65 Å². The molecule has 0 spiro atoms. The molecule has 146 valence electrons. The fourth-order valence-electron chi connectivity index (χ4n) is 2.67. The Morgan fingerprint density at radius 1 is 1.14 bits per heavy atom. The number of imidazole rings is 1. The van der Waals surface area contributed by atoms with Crippen LogP contribution in [0.3, 0.4) is 0 Å². The van der Waals surface area contributed by atoms with Gasteiger partial charge in [0.1, 0.15) is 0 Å². The number of amides is 2. The molecule has 3 N–H and O–H groups in total. The van der Waals surface area contributed by atoms with Crippen LogP contribution in [0.4, 0.5) is 18.9 Å². The number of primary amides is 1. The van der Waals surface area contributed by atoms with Gasteiger partial charge in [0.15, 0.2) is 11.3 Å². The van der Waals surface area contributed by atoms with Gasteiger partial charge in [0.25, 0.3) is 5.91 Å². The van der Waals surface area contributed by atoms with E-state index < -0.39 is 35.8 Å². The van der Waals surface area contributed by atoms with Crippen molar-refractivity contribution < 1.29 is 22.8 Å². The van der Waals surface area contributed by atoms with Crippen molar-refractivity contribution in [3.05, 3.63) is 63.5 Å². The van der Waals surface area contributed by atoms with E-state index in [9.17, 15) is 22.8 Å². The summed E-state index contributed by atoms with van der Waals surface area (Å²) in [5.41, 5.74) is 3.12. The van der Waals surface area contributed by atoms with Crippen LogP contribution in [0.5, 0.6) is 0 Å². The minimum absolute atomic E-state index is 0.0234. The molecular weight excluding hydrogens is 420 g/mol. The molecule has 0 radical (unpaired) electrons. The third-order valence-electron chi connectivity index (χ3n) is 3.80. The lowest BCUT2D eigenvalue weighted by atomic mass is 10.2. The van der Waals surface area contributed by atoms with E-state index in [1.807, 2.05) is 0 Å². The fraction of sp³-hybridized carbons (Fsp3) is 0.118. The SMILES string of the molecule is NC(=O)Cc1c(C(F)(F)F)nc2c(NC(=O)c3c(Cl)cccc3Cl)cccn12. The molecule has 6 nitrogen and oxygen atoms in total. The Kier molecular flexibility index (Phi) is 5.22. The van der Waals surface area contributed by atoms with Crippen molar-refractivity contribution in [1.82, 2.24) is 9.38 Å². The van der Waals surface area contributed by atoms with E-state index in [0.29, 0.717) is 0 Å². The van der Waals surface area contributed by atoms with Gasteiger partial charge < -0.3 is 15.5 Å². The van der Waals surface area contributed by atoms with Gasteiger partial charge in [0, 0.05) is 6.20 Å². The molecule has 28 heavy (non-hydrogen) atoms. The van der Waals surface area contributed by atoms with Crippen LogP contribution in [0.15, 0.2) is 36.5 Å². The van der Waals surface area contributed by atoms with Gasteiger partial charge in [-0.1, -0.05) is 29.3 Å². The monoisotopic (exact) mass is 430 g/mol. The number of hydrogen-bond acceptors (Lipinski definition) is 3. The quantitative estimate of drug-likeness (QED) is 0.656. The Bertz CT molecular complexity index is 1080. The van der Waals surface area contributed by atoms with Gasteiger partial charge in [-0.05, 0) is 24.3 Å². The molecule has 2 aromatic heterocycles. The summed E-state index contributed by atoms with van der Waals surface area (Å²) < 4.78 is 41.1. The number of carbonyl (C=O) groups excluding carboxylic acids is 2. The number of fused-ring (bicyclic) bond motifs is 1. The summed E-state index contributed by atoms with van der Waals surface area (Å²) >= 11 is 12.0. The fourth-order valence-corrected chi connectivity index (χ4v) is 3.24. The molecule has 0 aliphatic rings. The van der Waals surface area contributed by atoms with Crippen LogP contribution in [-0.4, -0.2) is 21.2 Å². The minimum atomic E-state index is -4.82. The molecule has 0 atom stereocenters. The summed E-state index contributed by atoms with van der Waals surface area (Å²) in [4.78, 5) is 27.4. The molecule has 0 aliphatic carbocycles. The molecule has 0 aliphatic heterocycles. The van der Waals surface area contributed by atoms with Crippen molar-refractivity contribution in [2.45, 2.75) is 12.6 Å². The number of nitrogens with zero attached hydrogens (tertiary/aromatic N) is 2.